The molecule has 0 heterocycles. The van der Waals surface area contributed by atoms with E-state index in [0.717, 1.165) is 6.07 Å². The molecular weight excluding hydrogens is 283 g/mol. The Morgan fingerprint density at radius 1 is 1.52 bits per heavy atom. The van der Waals surface area contributed by atoms with Crippen LogP contribution in [0, 0.1) is 21.8 Å². The Kier molecular flexibility index (Phi) is 6.04. The molecule has 1 aromatic rings. The number of anilines is 1. The Balaban J connectivity index is 2.84. The number of carboxylic acid groups (broad SMARTS) is 1. The molecule has 0 aliphatic heterocycles. The maximum absolute atomic E-state index is 13.6. The number of hydrogen-bond donors (Lipinski definition) is 3. The quantitative estimate of drug-likeness (QED) is 0.385. The summed E-state index contributed by atoms with van der Waals surface area (Å²) < 4.78 is 13.6. The monoisotopic (exact) mass is 300 g/mol. The maximum Gasteiger partial charge on any atom is 0.338 e. The molecule has 1 unspecified atom stereocenters. The fourth-order valence-electron chi connectivity index (χ4n) is 1.78. The van der Waals surface area contributed by atoms with Crippen LogP contribution in [-0.4, -0.2) is 34.3 Å². The van der Waals surface area contributed by atoms with Crippen molar-refractivity contribution in [1.29, 1.82) is 0 Å². The zero-order valence-electron chi connectivity index (χ0n) is 11.5. The van der Waals surface area contributed by atoms with Gasteiger partial charge in [-0.3, -0.25) is 10.1 Å². The number of aliphatic hydroxyl groups excluding tert-OH is 1. The van der Waals surface area contributed by atoms with E-state index in [2.05, 4.69) is 5.32 Å². The largest absolute Gasteiger partial charge is 0.478 e. The lowest BCUT2D eigenvalue weighted by atomic mass is 10.1. The summed E-state index contributed by atoms with van der Waals surface area (Å²) in [4.78, 5) is 20.9. The summed E-state index contributed by atoms with van der Waals surface area (Å²) in [6, 6.07) is 1.52. The van der Waals surface area contributed by atoms with Gasteiger partial charge in [0.05, 0.1) is 4.92 Å². The van der Waals surface area contributed by atoms with Gasteiger partial charge in [-0.25, -0.2) is 9.18 Å². The molecule has 0 radical (unpaired) electrons. The average molecular weight is 300 g/mol. The molecule has 0 aromatic heterocycles. The van der Waals surface area contributed by atoms with Gasteiger partial charge >= 0.3 is 5.97 Å². The van der Waals surface area contributed by atoms with E-state index in [1.807, 2.05) is 6.92 Å². The van der Waals surface area contributed by atoms with Gasteiger partial charge in [0, 0.05) is 25.3 Å². The number of benzene rings is 1. The molecule has 0 aliphatic carbocycles. The summed E-state index contributed by atoms with van der Waals surface area (Å²) >= 11 is 0. The van der Waals surface area contributed by atoms with Crippen molar-refractivity contribution in [3.63, 3.8) is 0 Å². The van der Waals surface area contributed by atoms with Crippen LogP contribution in [0.3, 0.4) is 0 Å². The minimum Gasteiger partial charge on any atom is -0.478 e. The van der Waals surface area contributed by atoms with Gasteiger partial charge in [-0.15, -0.1) is 0 Å². The van der Waals surface area contributed by atoms with E-state index in [1.165, 1.54) is 0 Å². The molecule has 0 spiro atoms. The number of nitrogens with zero attached hydrogens (tertiary/aromatic N) is 1. The van der Waals surface area contributed by atoms with Crippen LogP contribution in [0.2, 0.25) is 0 Å². The topological polar surface area (TPSA) is 113 Å². The molecule has 116 valence electrons. The van der Waals surface area contributed by atoms with Crippen LogP contribution >= 0.6 is 0 Å². The number of halogens is 1. The summed E-state index contributed by atoms with van der Waals surface area (Å²) in [6.45, 7) is 2.28. The number of aliphatic hydroxyl groups is 1. The van der Waals surface area contributed by atoms with Gasteiger partial charge in [0.1, 0.15) is 17.1 Å². The van der Waals surface area contributed by atoms with Crippen molar-refractivity contribution in [3.8, 4) is 0 Å². The van der Waals surface area contributed by atoms with Crippen molar-refractivity contribution in [2.24, 2.45) is 5.92 Å². The van der Waals surface area contributed by atoms with Crippen molar-refractivity contribution >= 4 is 17.3 Å². The minimum atomic E-state index is -1.56. The molecule has 8 heteroatoms. The number of nitro benzene ring substituents is 1. The summed E-state index contributed by atoms with van der Waals surface area (Å²) in [5.74, 6) is -2.47. The Hall–Kier alpha value is -2.22. The number of aromatic carboxylic acids is 1. The third-order valence-electron chi connectivity index (χ3n) is 3.01. The first kappa shape index (κ1) is 16.8. The van der Waals surface area contributed by atoms with Crippen LogP contribution in [0.25, 0.3) is 0 Å². The lowest BCUT2D eigenvalue weighted by Crippen LogP contribution is -2.10. The Bertz CT molecular complexity index is 536. The Morgan fingerprint density at radius 3 is 2.71 bits per heavy atom. The second-order valence-electron chi connectivity index (χ2n) is 4.77. The van der Waals surface area contributed by atoms with Gasteiger partial charge in [0.25, 0.3) is 5.69 Å². The second-order valence-corrected chi connectivity index (χ2v) is 4.77. The van der Waals surface area contributed by atoms with E-state index in [9.17, 15) is 19.3 Å². The molecule has 0 amide bonds. The van der Waals surface area contributed by atoms with Crippen LogP contribution in [0.5, 0.6) is 0 Å². The average Bonchev–Trinajstić information content (AvgIpc) is 2.42. The minimum absolute atomic E-state index is 0.0563. The van der Waals surface area contributed by atoms with Crippen LogP contribution in [0.1, 0.15) is 30.1 Å². The van der Waals surface area contributed by atoms with Gasteiger partial charge in [0.15, 0.2) is 0 Å². The molecule has 7 nitrogen and oxygen atoms in total. The molecule has 0 bridgehead atoms. The standard InChI is InChI=1S/C13H17FN2O5/c1-8(7-17)3-2-4-15-11-6-10(14)9(13(18)19)5-12(11)16(20)21/h5-6,8,15,17H,2-4,7H2,1H3,(H,18,19). The highest BCUT2D eigenvalue weighted by Crippen LogP contribution is 2.28. The molecule has 3 N–H and O–H groups in total. The zero-order chi connectivity index (χ0) is 16.0. The zero-order valence-corrected chi connectivity index (χ0v) is 11.5. The van der Waals surface area contributed by atoms with E-state index in [4.69, 9.17) is 10.2 Å². The molecule has 0 saturated carbocycles. The number of carbonyl (C=O) groups is 1. The van der Waals surface area contributed by atoms with Crippen LogP contribution in [-0.2, 0) is 0 Å². The number of nitro groups is 1. The summed E-state index contributed by atoms with van der Waals surface area (Å²) in [6.07, 6.45) is 1.36. The Morgan fingerprint density at radius 2 is 2.19 bits per heavy atom. The van der Waals surface area contributed by atoms with Crippen molar-refractivity contribution < 1.29 is 24.3 Å². The Labute approximate surface area is 120 Å². The highest BCUT2D eigenvalue weighted by molar-refractivity contribution is 5.90. The first-order valence-electron chi connectivity index (χ1n) is 6.42. The highest BCUT2D eigenvalue weighted by Gasteiger charge is 2.21. The normalized spacial score (nSPS) is 12.0. The lowest BCUT2D eigenvalue weighted by Gasteiger charge is -2.10. The molecule has 1 atom stereocenters. The summed E-state index contributed by atoms with van der Waals surface area (Å²) in [5, 5.41) is 31.3. The highest BCUT2D eigenvalue weighted by atomic mass is 19.1. The number of nitrogens with one attached hydrogen (secondary N) is 1. The van der Waals surface area contributed by atoms with Gasteiger partial charge in [-0.2, -0.15) is 0 Å². The molecule has 1 aromatic carbocycles. The fraction of sp³-hybridized carbons (Fsp3) is 0.462. The van der Waals surface area contributed by atoms with E-state index < -0.39 is 28.0 Å². The van der Waals surface area contributed by atoms with Crippen molar-refractivity contribution in [3.05, 3.63) is 33.6 Å². The molecule has 1 rings (SSSR count). The van der Waals surface area contributed by atoms with E-state index in [0.29, 0.717) is 25.5 Å². The number of carboxylic acids is 1. The van der Waals surface area contributed by atoms with Crippen LogP contribution in [0.4, 0.5) is 15.8 Å². The summed E-state index contributed by atoms with van der Waals surface area (Å²) in [5.41, 5.74) is -1.27. The smallest absolute Gasteiger partial charge is 0.338 e. The van der Waals surface area contributed by atoms with E-state index in [1.54, 1.807) is 0 Å². The third-order valence-corrected chi connectivity index (χ3v) is 3.01. The van der Waals surface area contributed by atoms with Crippen LogP contribution in [0.15, 0.2) is 12.1 Å². The second kappa shape index (κ2) is 7.53. The van der Waals surface area contributed by atoms with Crippen molar-refractivity contribution in [2.75, 3.05) is 18.5 Å². The first-order valence-corrected chi connectivity index (χ1v) is 6.42. The van der Waals surface area contributed by atoms with E-state index in [-0.39, 0.29) is 18.2 Å². The predicted octanol–water partition coefficient (Wildman–Crippen LogP) is 2.25. The van der Waals surface area contributed by atoms with Crippen molar-refractivity contribution in [2.45, 2.75) is 19.8 Å². The lowest BCUT2D eigenvalue weighted by molar-refractivity contribution is -0.384. The molecule has 0 aliphatic rings. The van der Waals surface area contributed by atoms with Crippen molar-refractivity contribution in [1.82, 2.24) is 0 Å². The molecule has 21 heavy (non-hydrogen) atoms. The van der Waals surface area contributed by atoms with E-state index >= 15 is 0 Å². The van der Waals surface area contributed by atoms with Gasteiger partial charge in [-0.1, -0.05) is 6.92 Å². The third kappa shape index (κ3) is 4.67. The molecule has 0 fully saturated rings. The van der Waals surface area contributed by atoms with Crippen LogP contribution < -0.4 is 5.32 Å². The number of rotatable bonds is 8. The van der Waals surface area contributed by atoms with Gasteiger partial charge < -0.3 is 15.5 Å². The van der Waals surface area contributed by atoms with Gasteiger partial charge in [-0.05, 0) is 18.8 Å². The molecular formula is C13H17FN2O5. The first-order chi connectivity index (χ1) is 9.86. The SMILES string of the molecule is CC(CO)CCCNc1cc(F)c(C(=O)O)cc1[N+](=O)[O-]. The maximum atomic E-state index is 13.6. The predicted molar refractivity (Wildman–Crippen MR) is 74.0 cm³/mol. The molecule has 0 saturated heterocycles. The summed E-state index contributed by atoms with van der Waals surface area (Å²) in [7, 11) is 0. The number of hydrogen-bond acceptors (Lipinski definition) is 5. The fourth-order valence-corrected chi connectivity index (χ4v) is 1.78. The van der Waals surface area contributed by atoms with Gasteiger partial charge in [0.2, 0.25) is 0 Å².